The molecule has 2 aromatic rings. The number of benzene rings is 1. The van der Waals surface area contributed by atoms with Crippen LogP contribution < -0.4 is 21.3 Å². The van der Waals surface area contributed by atoms with Gasteiger partial charge in [0.15, 0.2) is 0 Å². The molecule has 5 rings (SSSR count). The van der Waals surface area contributed by atoms with Crippen LogP contribution in [0.15, 0.2) is 24.3 Å². The van der Waals surface area contributed by atoms with E-state index in [4.69, 9.17) is 10.7 Å². The van der Waals surface area contributed by atoms with Crippen molar-refractivity contribution in [3.05, 3.63) is 35.4 Å². The lowest BCUT2D eigenvalue weighted by atomic mass is 9.89. The average Bonchev–Trinajstić information content (AvgIpc) is 3.70. The van der Waals surface area contributed by atoms with Gasteiger partial charge < -0.3 is 26.4 Å². The zero-order valence-corrected chi connectivity index (χ0v) is 20.3. The molecule has 7 nitrogen and oxygen atoms in total. The van der Waals surface area contributed by atoms with Gasteiger partial charge in [0.25, 0.3) is 5.91 Å². The number of fused-ring (bicyclic) bond motifs is 1. The number of aryl methyl sites for hydroxylation is 1. The molecule has 0 bridgehead atoms. The van der Waals surface area contributed by atoms with Gasteiger partial charge >= 0.3 is 0 Å². The lowest BCUT2D eigenvalue weighted by Crippen LogP contribution is -2.54. The Labute approximate surface area is 202 Å². The van der Waals surface area contributed by atoms with E-state index in [0.29, 0.717) is 35.9 Å². The summed E-state index contributed by atoms with van der Waals surface area (Å²) in [4.78, 5) is 20.5. The first-order valence-corrected chi connectivity index (χ1v) is 13.1. The molecule has 2 aliphatic carbocycles. The predicted octanol–water partition coefficient (Wildman–Crippen LogP) is 3.08. The fourth-order valence-electron chi connectivity index (χ4n) is 5.70. The predicted molar refractivity (Wildman–Crippen MR) is 136 cm³/mol. The van der Waals surface area contributed by atoms with Crippen molar-refractivity contribution in [3.63, 3.8) is 0 Å². The van der Waals surface area contributed by atoms with E-state index in [9.17, 15) is 9.90 Å². The molecule has 3 aliphatic rings. The van der Waals surface area contributed by atoms with Gasteiger partial charge in [-0.05, 0) is 63.1 Å². The Morgan fingerprint density at radius 1 is 1.18 bits per heavy atom. The first kappa shape index (κ1) is 23.5. The van der Waals surface area contributed by atoms with Crippen LogP contribution in [0.3, 0.4) is 0 Å². The van der Waals surface area contributed by atoms with Crippen molar-refractivity contribution < 1.29 is 9.90 Å². The largest absolute Gasteiger partial charge is 0.396 e. The van der Waals surface area contributed by atoms with Crippen molar-refractivity contribution in [1.29, 1.82) is 0 Å². The van der Waals surface area contributed by atoms with E-state index in [2.05, 4.69) is 27.7 Å². The minimum absolute atomic E-state index is 0.107. The molecule has 0 spiro atoms. The van der Waals surface area contributed by atoms with Crippen molar-refractivity contribution in [1.82, 2.24) is 15.6 Å². The summed E-state index contributed by atoms with van der Waals surface area (Å²) >= 11 is 0. The van der Waals surface area contributed by atoms with E-state index in [1.807, 2.05) is 19.1 Å². The Balaban J connectivity index is 1.39. The topological polar surface area (TPSA) is 104 Å². The lowest BCUT2D eigenvalue weighted by molar-refractivity contribution is 0.0933. The van der Waals surface area contributed by atoms with Gasteiger partial charge in [-0.25, -0.2) is 4.98 Å². The second-order valence-corrected chi connectivity index (χ2v) is 10.7. The first-order valence-electron chi connectivity index (χ1n) is 13.1. The summed E-state index contributed by atoms with van der Waals surface area (Å²) in [5.74, 6) is 1.03. The van der Waals surface area contributed by atoms with Crippen LogP contribution in [0.1, 0.15) is 67.3 Å². The fourth-order valence-corrected chi connectivity index (χ4v) is 5.70. The highest BCUT2D eigenvalue weighted by Gasteiger charge is 2.34. The molecule has 184 valence electrons. The third-order valence-corrected chi connectivity index (χ3v) is 7.95. The number of hydrogen-bond donors (Lipinski definition) is 4. The zero-order valence-electron chi connectivity index (χ0n) is 20.3. The summed E-state index contributed by atoms with van der Waals surface area (Å²) < 4.78 is 0. The third kappa shape index (κ3) is 5.21. The molecule has 3 atom stereocenters. The van der Waals surface area contributed by atoms with Gasteiger partial charge in [-0.15, -0.1) is 0 Å². The van der Waals surface area contributed by atoms with Crippen LogP contribution in [0.2, 0.25) is 0 Å². The van der Waals surface area contributed by atoms with Crippen molar-refractivity contribution in [2.24, 2.45) is 17.6 Å². The van der Waals surface area contributed by atoms with Crippen LogP contribution >= 0.6 is 0 Å². The number of anilines is 1. The second-order valence-electron chi connectivity index (χ2n) is 10.7. The highest BCUT2D eigenvalue weighted by Crippen LogP contribution is 2.32. The van der Waals surface area contributed by atoms with Gasteiger partial charge in [0.05, 0.1) is 17.2 Å². The van der Waals surface area contributed by atoms with E-state index >= 15 is 0 Å². The van der Waals surface area contributed by atoms with E-state index in [-0.39, 0.29) is 24.6 Å². The number of nitrogens with one attached hydrogen (secondary N) is 2. The van der Waals surface area contributed by atoms with Gasteiger partial charge in [-0.1, -0.05) is 30.9 Å². The minimum atomic E-state index is -0.316. The summed E-state index contributed by atoms with van der Waals surface area (Å²) in [6, 6.07) is 8.96. The maximum absolute atomic E-state index is 13.3. The maximum atomic E-state index is 13.3. The Kier molecular flexibility index (Phi) is 7.04. The van der Waals surface area contributed by atoms with E-state index in [1.165, 1.54) is 32.1 Å². The summed E-state index contributed by atoms with van der Waals surface area (Å²) in [5.41, 5.74) is 8.82. The Morgan fingerprint density at radius 2 is 1.97 bits per heavy atom. The number of nitrogens with two attached hydrogens (primary N) is 1. The Morgan fingerprint density at radius 3 is 2.71 bits per heavy atom. The minimum Gasteiger partial charge on any atom is -0.396 e. The highest BCUT2D eigenvalue weighted by atomic mass is 16.3. The molecular formula is C27H39N5O2. The molecule has 2 saturated carbocycles. The molecule has 2 heterocycles. The Bertz CT molecular complexity index is 1020. The standard InChI is InChI=1S/C27H39N5O2/c1-17-7-10-23-19(13-17)14-22(27(34)31-25(28)18-8-9-18)26(30-23)32-12-11-24(20(15-32)16-33)29-21-5-3-2-4-6-21/h7,10,13-14,18,20-21,24-25,29,33H,2-6,8-9,11-12,15-16,28H2,1H3,(H,31,34). The SMILES string of the molecule is Cc1ccc2nc(N3CCC(NC4CCCCC4)C(CO)C3)c(C(=O)NC(N)C3CC3)cc2c1. The molecule has 1 aromatic heterocycles. The van der Waals surface area contributed by atoms with Gasteiger partial charge in [0.1, 0.15) is 5.82 Å². The first-order chi connectivity index (χ1) is 16.5. The molecule has 5 N–H and O–H groups in total. The normalized spacial score (nSPS) is 24.9. The van der Waals surface area contributed by atoms with Crippen LogP contribution in [-0.4, -0.2) is 53.9 Å². The fraction of sp³-hybridized carbons (Fsp3) is 0.630. The number of amides is 1. The molecular weight excluding hydrogens is 426 g/mol. The number of aliphatic hydroxyl groups is 1. The highest BCUT2D eigenvalue weighted by molar-refractivity contribution is 6.02. The van der Waals surface area contributed by atoms with Gasteiger partial charge in [-0.2, -0.15) is 0 Å². The van der Waals surface area contributed by atoms with Gasteiger partial charge in [0, 0.05) is 43.1 Å². The van der Waals surface area contributed by atoms with Crippen LogP contribution in [0.5, 0.6) is 0 Å². The van der Waals surface area contributed by atoms with Crippen LogP contribution in [0.25, 0.3) is 10.9 Å². The Hall–Kier alpha value is -2.22. The third-order valence-electron chi connectivity index (χ3n) is 7.95. The van der Waals surface area contributed by atoms with Crippen LogP contribution in [0, 0.1) is 18.8 Å². The number of piperidine rings is 1. The molecule has 1 aromatic carbocycles. The molecule has 1 saturated heterocycles. The number of pyridine rings is 1. The molecule has 3 unspecified atom stereocenters. The van der Waals surface area contributed by atoms with Crippen LogP contribution in [0.4, 0.5) is 5.82 Å². The number of aromatic nitrogens is 1. The van der Waals surface area contributed by atoms with E-state index in [1.54, 1.807) is 0 Å². The van der Waals surface area contributed by atoms with Crippen LogP contribution in [-0.2, 0) is 0 Å². The van der Waals surface area contributed by atoms with Crippen molar-refractivity contribution in [3.8, 4) is 0 Å². The van der Waals surface area contributed by atoms with Gasteiger partial charge in [0.2, 0.25) is 0 Å². The number of aliphatic hydroxyl groups excluding tert-OH is 1. The maximum Gasteiger partial charge on any atom is 0.256 e. The zero-order chi connectivity index (χ0) is 23.7. The molecule has 1 amide bonds. The number of rotatable bonds is 7. The second kappa shape index (κ2) is 10.2. The number of carbonyl (C=O) groups excluding carboxylic acids is 1. The number of nitrogens with zero attached hydrogens (tertiary/aromatic N) is 2. The number of hydrogen-bond acceptors (Lipinski definition) is 6. The molecule has 1 aliphatic heterocycles. The van der Waals surface area contributed by atoms with E-state index < -0.39 is 0 Å². The molecule has 7 heteroatoms. The lowest BCUT2D eigenvalue weighted by Gasteiger charge is -2.41. The van der Waals surface area contributed by atoms with Crippen molar-refractivity contribution in [2.45, 2.75) is 76.5 Å². The number of carbonyl (C=O) groups is 1. The van der Waals surface area contributed by atoms with E-state index in [0.717, 1.165) is 42.3 Å². The monoisotopic (exact) mass is 465 g/mol. The van der Waals surface area contributed by atoms with Crippen molar-refractivity contribution in [2.75, 3.05) is 24.6 Å². The van der Waals surface area contributed by atoms with Gasteiger partial charge in [-0.3, -0.25) is 4.79 Å². The molecule has 34 heavy (non-hydrogen) atoms. The summed E-state index contributed by atoms with van der Waals surface area (Å²) in [7, 11) is 0. The molecule has 3 fully saturated rings. The summed E-state index contributed by atoms with van der Waals surface area (Å²) in [6.07, 6.45) is 9.15. The van der Waals surface area contributed by atoms with Crippen molar-refractivity contribution >= 4 is 22.6 Å². The average molecular weight is 466 g/mol. The summed E-state index contributed by atoms with van der Waals surface area (Å²) in [6.45, 7) is 3.66. The molecule has 0 radical (unpaired) electrons. The quantitative estimate of drug-likeness (QED) is 0.469. The smallest absolute Gasteiger partial charge is 0.256 e. The summed E-state index contributed by atoms with van der Waals surface area (Å²) in [5, 5.41) is 18.1.